The van der Waals surface area contributed by atoms with Crippen LogP contribution in [-0.2, 0) is 7.05 Å². The average Bonchev–Trinajstić information content (AvgIpc) is 2.46. The van der Waals surface area contributed by atoms with Crippen molar-refractivity contribution in [2.45, 2.75) is 13.8 Å². The molecule has 0 unspecified atom stereocenters. The zero-order valence-corrected chi connectivity index (χ0v) is 8.36. The predicted molar refractivity (Wildman–Crippen MR) is 53.1 cm³/mol. The van der Waals surface area contributed by atoms with E-state index in [9.17, 15) is 0 Å². The molecule has 72 valence electrons. The average molecular weight is 180 g/mol. The normalized spacial score (nSPS) is 12.5. The Bertz CT molecular complexity index is 300. The number of aromatic nitrogens is 2. The third-order valence-electron chi connectivity index (χ3n) is 2.12. The van der Waals surface area contributed by atoms with Crippen LogP contribution in [0.15, 0.2) is 17.8 Å². The minimum atomic E-state index is 0.114. The second-order valence-electron chi connectivity index (χ2n) is 3.41. The van der Waals surface area contributed by atoms with E-state index in [2.05, 4.69) is 18.9 Å². The van der Waals surface area contributed by atoms with E-state index in [0.29, 0.717) is 5.92 Å². The van der Waals surface area contributed by atoms with Crippen molar-refractivity contribution in [2.75, 3.05) is 6.61 Å². The summed E-state index contributed by atoms with van der Waals surface area (Å²) in [7, 11) is 1.89. The fraction of sp³-hybridized carbons (Fsp3) is 0.500. The molecular weight excluding hydrogens is 164 g/mol. The SMILES string of the molecule is CC(C)/C(=C/c1ccnn1C)CO. The second-order valence-corrected chi connectivity index (χ2v) is 3.41. The topological polar surface area (TPSA) is 38.0 Å². The Hall–Kier alpha value is -1.09. The van der Waals surface area contributed by atoms with E-state index < -0.39 is 0 Å². The third kappa shape index (κ3) is 2.42. The molecule has 0 radical (unpaired) electrons. The van der Waals surface area contributed by atoms with E-state index in [0.717, 1.165) is 11.3 Å². The van der Waals surface area contributed by atoms with Gasteiger partial charge in [0.25, 0.3) is 0 Å². The van der Waals surface area contributed by atoms with Gasteiger partial charge in [-0.1, -0.05) is 13.8 Å². The Balaban J connectivity index is 2.91. The molecule has 0 bridgehead atoms. The maximum Gasteiger partial charge on any atom is 0.0648 e. The second kappa shape index (κ2) is 4.23. The largest absolute Gasteiger partial charge is 0.392 e. The summed E-state index contributed by atoms with van der Waals surface area (Å²) >= 11 is 0. The van der Waals surface area contributed by atoms with Crippen molar-refractivity contribution < 1.29 is 5.11 Å². The van der Waals surface area contributed by atoms with Crippen LogP contribution in [0.2, 0.25) is 0 Å². The molecule has 0 saturated carbocycles. The number of hydrogen-bond donors (Lipinski definition) is 1. The van der Waals surface area contributed by atoms with Gasteiger partial charge in [0.1, 0.15) is 0 Å². The Morgan fingerprint density at radius 2 is 2.38 bits per heavy atom. The van der Waals surface area contributed by atoms with Crippen LogP contribution in [0.4, 0.5) is 0 Å². The number of nitrogens with zero attached hydrogens (tertiary/aromatic N) is 2. The first kappa shape index (κ1) is 9.99. The number of aryl methyl sites for hydroxylation is 1. The minimum Gasteiger partial charge on any atom is -0.392 e. The van der Waals surface area contributed by atoms with Crippen molar-refractivity contribution in [1.82, 2.24) is 9.78 Å². The lowest BCUT2D eigenvalue weighted by atomic mass is 10.0. The number of hydrogen-bond acceptors (Lipinski definition) is 2. The monoisotopic (exact) mass is 180 g/mol. The molecule has 3 nitrogen and oxygen atoms in total. The molecule has 0 amide bonds. The molecule has 13 heavy (non-hydrogen) atoms. The van der Waals surface area contributed by atoms with Gasteiger partial charge in [0.05, 0.1) is 12.3 Å². The molecule has 0 fully saturated rings. The van der Waals surface area contributed by atoms with Gasteiger partial charge in [-0.3, -0.25) is 4.68 Å². The molecule has 0 aliphatic rings. The molecule has 1 N–H and O–H groups in total. The fourth-order valence-corrected chi connectivity index (χ4v) is 1.11. The highest BCUT2D eigenvalue weighted by Crippen LogP contribution is 2.13. The van der Waals surface area contributed by atoms with E-state index in [-0.39, 0.29) is 6.61 Å². The Morgan fingerprint density at radius 3 is 2.77 bits per heavy atom. The van der Waals surface area contributed by atoms with E-state index >= 15 is 0 Å². The van der Waals surface area contributed by atoms with Gasteiger partial charge < -0.3 is 5.11 Å². The van der Waals surface area contributed by atoms with Crippen LogP contribution in [0.3, 0.4) is 0 Å². The maximum absolute atomic E-state index is 9.09. The third-order valence-corrected chi connectivity index (χ3v) is 2.12. The molecule has 3 heteroatoms. The summed E-state index contributed by atoms with van der Waals surface area (Å²) in [5.74, 6) is 0.375. The van der Waals surface area contributed by atoms with Gasteiger partial charge >= 0.3 is 0 Å². The summed E-state index contributed by atoms with van der Waals surface area (Å²) in [4.78, 5) is 0. The molecule has 0 aromatic carbocycles. The fourth-order valence-electron chi connectivity index (χ4n) is 1.11. The Labute approximate surface area is 78.7 Å². The van der Waals surface area contributed by atoms with Gasteiger partial charge in [0.15, 0.2) is 0 Å². The molecule has 0 atom stereocenters. The van der Waals surface area contributed by atoms with Gasteiger partial charge in [-0.25, -0.2) is 0 Å². The quantitative estimate of drug-likeness (QED) is 0.764. The smallest absolute Gasteiger partial charge is 0.0648 e. The molecular formula is C10H16N2O. The maximum atomic E-state index is 9.09. The van der Waals surface area contributed by atoms with E-state index in [1.807, 2.05) is 19.2 Å². The van der Waals surface area contributed by atoms with Crippen LogP contribution < -0.4 is 0 Å². The lowest BCUT2D eigenvalue weighted by Crippen LogP contribution is -2.01. The van der Waals surface area contributed by atoms with Crippen molar-refractivity contribution in [3.05, 3.63) is 23.5 Å². The molecule has 1 aromatic rings. The summed E-state index contributed by atoms with van der Waals surface area (Å²) in [6, 6.07) is 1.93. The first-order valence-electron chi connectivity index (χ1n) is 4.44. The summed E-state index contributed by atoms with van der Waals surface area (Å²) in [5, 5.41) is 13.1. The minimum absolute atomic E-state index is 0.114. The molecule has 0 saturated heterocycles. The lowest BCUT2D eigenvalue weighted by Gasteiger charge is -2.07. The van der Waals surface area contributed by atoms with Crippen molar-refractivity contribution in [2.24, 2.45) is 13.0 Å². The molecule has 1 rings (SSSR count). The van der Waals surface area contributed by atoms with Crippen LogP contribution >= 0.6 is 0 Å². The Morgan fingerprint density at radius 1 is 1.69 bits per heavy atom. The van der Waals surface area contributed by atoms with Gasteiger partial charge in [-0.2, -0.15) is 5.10 Å². The van der Waals surface area contributed by atoms with E-state index in [1.54, 1.807) is 10.9 Å². The number of aliphatic hydroxyl groups is 1. The summed E-state index contributed by atoms with van der Waals surface area (Å²) in [6.45, 7) is 4.25. The molecule has 0 aliphatic carbocycles. The molecule has 0 spiro atoms. The van der Waals surface area contributed by atoms with E-state index in [4.69, 9.17) is 5.11 Å². The van der Waals surface area contributed by atoms with Crippen molar-refractivity contribution in [3.8, 4) is 0 Å². The first-order chi connectivity index (χ1) is 6.15. The van der Waals surface area contributed by atoms with Crippen LogP contribution in [-0.4, -0.2) is 21.5 Å². The van der Waals surface area contributed by atoms with Crippen molar-refractivity contribution >= 4 is 6.08 Å². The molecule has 0 aliphatic heterocycles. The molecule has 1 aromatic heterocycles. The van der Waals surface area contributed by atoms with Gasteiger partial charge in [0, 0.05) is 13.2 Å². The van der Waals surface area contributed by atoms with Crippen molar-refractivity contribution in [1.29, 1.82) is 0 Å². The summed E-state index contributed by atoms with van der Waals surface area (Å²) < 4.78 is 1.79. The summed E-state index contributed by atoms with van der Waals surface area (Å²) in [6.07, 6.45) is 3.73. The van der Waals surface area contributed by atoms with Crippen molar-refractivity contribution in [3.63, 3.8) is 0 Å². The van der Waals surface area contributed by atoms with Gasteiger partial charge in [-0.15, -0.1) is 0 Å². The predicted octanol–water partition coefficient (Wildman–Crippen LogP) is 1.45. The zero-order valence-electron chi connectivity index (χ0n) is 8.36. The highest BCUT2D eigenvalue weighted by Gasteiger charge is 2.03. The highest BCUT2D eigenvalue weighted by atomic mass is 16.3. The molecule has 1 heterocycles. The van der Waals surface area contributed by atoms with Gasteiger partial charge in [-0.05, 0) is 23.6 Å². The first-order valence-corrected chi connectivity index (χ1v) is 4.44. The standard InChI is InChI=1S/C10H16N2O/c1-8(2)9(7-13)6-10-4-5-11-12(10)3/h4-6,8,13H,7H2,1-3H3/b9-6+. The Kier molecular flexibility index (Phi) is 3.25. The highest BCUT2D eigenvalue weighted by molar-refractivity contribution is 5.49. The number of rotatable bonds is 3. The van der Waals surface area contributed by atoms with Crippen LogP contribution in [0.25, 0.3) is 6.08 Å². The lowest BCUT2D eigenvalue weighted by molar-refractivity contribution is 0.320. The van der Waals surface area contributed by atoms with Gasteiger partial charge in [0.2, 0.25) is 0 Å². The van der Waals surface area contributed by atoms with Crippen LogP contribution in [0.1, 0.15) is 19.5 Å². The van der Waals surface area contributed by atoms with Crippen LogP contribution in [0.5, 0.6) is 0 Å². The summed E-state index contributed by atoms with van der Waals surface area (Å²) in [5.41, 5.74) is 2.06. The number of aliphatic hydroxyl groups excluding tert-OH is 1. The van der Waals surface area contributed by atoms with Crippen LogP contribution in [0, 0.1) is 5.92 Å². The zero-order chi connectivity index (χ0) is 9.84. The van der Waals surface area contributed by atoms with E-state index in [1.165, 1.54) is 0 Å².